The topological polar surface area (TPSA) is 76.7 Å². The first-order chi connectivity index (χ1) is 12.4. The first kappa shape index (κ1) is 18.5. The van der Waals surface area contributed by atoms with E-state index < -0.39 is 5.54 Å². The summed E-state index contributed by atoms with van der Waals surface area (Å²) in [6.07, 6.45) is 2.49. The Balaban J connectivity index is 1.93. The van der Waals surface area contributed by atoms with Gasteiger partial charge >= 0.3 is 0 Å². The average molecular weight is 361 g/mol. The van der Waals surface area contributed by atoms with Crippen LogP contribution in [0.1, 0.15) is 37.7 Å². The van der Waals surface area contributed by atoms with Crippen molar-refractivity contribution >= 4 is 22.9 Å². The molecule has 0 fully saturated rings. The standard InChI is InChI=1S/C19H27N3O4/c1-13(2)5-7-20-18(24)19(3)12-21-14-6-9-26-16(14)11-15(21)17(23)22(19)8-10-25-4/h6,9,11,13H,5,7-8,10,12H2,1-4H3,(H,20,24). The number of ether oxygens (including phenoxy) is 1. The summed E-state index contributed by atoms with van der Waals surface area (Å²) in [5.74, 6) is 0.183. The minimum Gasteiger partial charge on any atom is -0.463 e. The van der Waals surface area contributed by atoms with E-state index in [4.69, 9.17) is 9.15 Å². The molecule has 0 bridgehead atoms. The summed E-state index contributed by atoms with van der Waals surface area (Å²) in [6.45, 7) is 7.76. The molecule has 3 rings (SSSR count). The van der Waals surface area contributed by atoms with Crippen molar-refractivity contribution in [2.24, 2.45) is 5.92 Å². The Morgan fingerprint density at radius 1 is 1.46 bits per heavy atom. The molecular weight excluding hydrogens is 334 g/mol. The second-order valence-electron chi connectivity index (χ2n) is 7.45. The molecule has 3 heterocycles. The van der Waals surface area contributed by atoms with Gasteiger partial charge in [-0.1, -0.05) is 13.8 Å². The van der Waals surface area contributed by atoms with Gasteiger partial charge in [-0.15, -0.1) is 0 Å². The number of furan rings is 1. The van der Waals surface area contributed by atoms with E-state index in [-0.39, 0.29) is 11.8 Å². The molecule has 1 aliphatic rings. The van der Waals surface area contributed by atoms with Crippen LogP contribution in [0.5, 0.6) is 0 Å². The van der Waals surface area contributed by atoms with E-state index in [1.165, 1.54) is 0 Å². The average Bonchev–Trinajstić information content (AvgIpc) is 3.16. The van der Waals surface area contributed by atoms with Gasteiger partial charge in [0.05, 0.1) is 24.9 Å². The number of hydrogen-bond donors (Lipinski definition) is 1. The van der Waals surface area contributed by atoms with E-state index >= 15 is 0 Å². The van der Waals surface area contributed by atoms with Crippen molar-refractivity contribution in [3.05, 3.63) is 24.1 Å². The monoisotopic (exact) mass is 361 g/mol. The second kappa shape index (κ2) is 7.15. The Bertz CT molecular complexity index is 807. The molecule has 2 aromatic heterocycles. The van der Waals surface area contributed by atoms with Gasteiger partial charge in [0.15, 0.2) is 5.58 Å². The molecule has 1 N–H and O–H groups in total. The molecule has 2 amide bonds. The Morgan fingerprint density at radius 2 is 2.23 bits per heavy atom. The zero-order chi connectivity index (χ0) is 18.9. The second-order valence-corrected chi connectivity index (χ2v) is 7.45. The van der Waals surface area contributed by atoms with Crippen LogP contribution < -0.4 is 5.32 Å². The fraction of sp³-hybridized carbons (Fsp3) is 0.579. The van der Waals surface area contributed by atoms with E-state index in [2.05, 4.69) is 19.2 Å². The Hall–Kier alpha value is -2.28. The predicted octanol–water partition coefficient (Wildman–Crippen LogP) is 2.26. The Labute approximate surface area is 153 Å². The molecule has 1 aliphatic heterocycles. The van der Waals surface area contributed by atoms with Crippen molar-refractivity contribution < 1.29 is 18.7 Å². The quantitative estimate of drug-likeness (QED) is 0.821. The number of aromatic nitrogens is 1. The van der Waals surface area contributed by atoms with Crippen molar-refractivity contribution in [1.82, 2.24) is 14.8 Å². The van der Waals surface area contributed by atoms with Crippen LogP contribution in [0.25, 0.3) is 11.1 Å². The number of carbonyl (C=O) groups excluding carboxylic acids is 2. The van der Waals surface area contributed by atoms with Gasteiger partial charge in [-0.25, -0.2) is 0 Å². The molecule has 26 heavy (non-hydrogen) atoms. The van der Waals surface area contributed by atoms with Crippen LogP contribution in [-0.4, -0.2) is 53.6 Å². The van der Waals surface area contributed by atoms with Crippen LogP contribution >= 0.6 is 0 Å². The SMILES string of the molecule is COCCN1C(=O)c2cc3occc3n2CC1(C)C(=O)NCCC(C)C. The molecule has 0 aromatic carbocycles. The molecule has 0 spiro atoms. The smallest absolute Gasteiger partial charge is 0.271 e. The molecule has 1 atom stereocenters. The molecule has 1 unspecified atom stereocenters. The number of nitrogens with one attached hydrogen (secondary N) is 1. The molecule has 7 heteroatoms. The van der Waals surface area contributed by atoms with E-state index in [0.717, 1.165) is 11.9 Å². The lowest BCUT2D eigenvalue weighted by Crippen LogP contribution is -2.64. The normalized spacial score (nSPS) is 20.0. The molecule has 0 saturated heterocycles. The molecule has 0 aliphatic carbocycles. The summed E-state index contributed by atoms with van der Waals surface area (Å²) < 4.78 is 12.5. The summed E-state index contributed by atoms with van der Waals surface area (Å²) >= 11 is 0. The van der Waals surface area contributed by atoms with Crippen molar-refractivity contribution in [1.29, 1.82) is 0 Å². The highest BCUT2D eigenvalue weighted by atomic mass is 16.5. The number of hydrogen-bond acceptors (Lipinski definition) is 4. The number of amides is 2. The molecule has 0 radical (unpaired) electrons. The highest BCUT2D eigenvalue weighted by molar-refractivity contribution is 6.02. The maximum Gasteiger partial charge on any atom is 0.271 e. The molecule has 2 aromatic rings. The third-order valence-corrected chi connectivity index (χ3v) is 5.06. The summed E-state index contributed by atoms with van der Waals surface area (Å²) in [4.78, 5) is 27.8. The van der Waals surface area contributed by atoms with Crippen LogP contribution in [0.2, 0.25) is 0 Å². The van der Waals surface area contributed by atoms with Crippen LogP contribution in [-0.2, 0) is 16.1 Å². The van der Waals surface area contributed by atoms with Gasteiger partial charge in [0.25, 0.3) is 5.91 Å². The van der Waals surface area contributed by atoms with Gasteiger partial charge in [-0.2, -0.15) is 0 Å². The van der Waals surface area contributed by atoms with Crippen molar-refractivity contribution in [2.75, 3.05) is 26.8 Å². The van der Waals surface area contributed by atoms with Gasteiger partial charge in [-0.3, -0.25) is 9.59 Å². The van der Waals surface area contributed by atoms with Crippen LogP contribution in [0.3, 0.4) is 0 Å². The van der Waals surface area contributed by atoms with Gasteiger partial charge in [0, 0.05) is 32.3 Å². The van der Waals surface area contributed by atoms with E-state index in [1.807, 2.05) is 17.6 Å². The molecular formula is C19H27N3O4. The summed E-state index contributed by atoms with van der Waals surface area (Å²) in [6, 6.07) is 3.57. The molecule has 7 nitrogen and oxygen atoms in total. The van der Waals surface area contributed by atoms with Crippen molar-refractivity contribution in [3.63, 3.8) is 0 Å². The lowest BCUT2D eigenvalue weighted by Gasteiger charge is -2.44. The first-order valence-corrected chi connectivity index (χ1v) is 9.04. The fourth-order valence-electron chi connectivity index (χ4n) is 3.47. The van der Waals surface area contributed by atoms with E-state index in [1.54, 1.807) is 24.3 Å². The summed E-state index contributed by atoms with van der Waals surface area (Å²) in [7, 11) is 1.59. The summed E-state index contributed by atoms with van der Waals surface area (Å²) in [5, 5.41) is 3.01. The van der Waals surface area contributed by atoms with Crippen molar-refractivity contribution in [3.8, 4) is 0 Å². The minimum atomic E-state index is -0.983. The number of rotatable bonds is 7. The summed E-state index contributed by atoms with van der Waals surface area (Å²) in [5.41, 5.74) is 1.05. The lowest BCUT2D eigenvalue weighted by atomic mass is 9.94. The maximum atomic E-state index is 13.1. The molecule has 0 saturated carbocycles. The highest BCUT2D eigenvalue weighted by Gasteiger charge is 2.47. The van der Waals surface area contributed by atoms with Crippen LogP contribution in [0, 0.1) is 5.92 Å². The third-order valence-electron chi connectivity index (χ3n) is 5.06. The predicted molar refractivity (Wildman–Crippen MR) is 98.0 cm³/mol. The maximum absolute atomic E-state index is 13.1. The minimum absolute atomic E-state index is 0.140. The zero-order valence-corrected chi connectivity index (χ0v) is 15.9. The number of methoxy groups -OCH3 is 1. The number of fused-ring (bicyclic) bond motifs is 3. The van der Waals surface area contributed by atoms with Crippen molar-refractivity contribution in [2.45, 2.75) is 39.3 Å². The number of carbonyl (C=O) groups is 2. The van der Waals surface area contributed by atoms with E-state index in [9.17, 15) is 9.59 Å². The highest BCUT2D eigenvalue weighted by Crippen LogP contribution is 2.32. The third kappa shape index (κ3) is 3.11. The van der Waals surface area contributed by atoms with Crippen LogP contribution in [0.4, 0.5) is 0 Å². The van der Waals surface area contributed by atoms with Gasteiger partial charge in [0.1, 0.15) is 11.2 Å². The zero-order valence-electron chi connectivity index (χ0n) is 15.9. The first-order valence-electron chi connectivity index (χ1n) is 9.04. The molecule has 142 valence electrons. The van der Waals surface area contributed by atoms with Gasteiger partial charge in [-0.05, 0) is 19.3 Å². The van der Waals surface area contributed by atoms with E-state index in [0.29, 0.717) is 43.4 Å². The lowest BCUT2D eigenvalue weighted by molar-refractivity contribution is -0.133. The van der Waals surface area contributed by atoms with Gasteiger partial charge < -0.3 is 23.9 Å². The Morgan fingerprint density at radius 3 is 2.92 bits per heavy atom. The largest absolute Gasteiger partial charge is 0.463 e. The Kier molecular flexibility index (Phi) is 5.09. The van der Waals surface area contributed by atoms with Gasteiger partial charge in [0.2, 0.25) is 5.91 Å². The van der Waals surface area contributed by atoms with Crippen LogP contribution in [0.15, 0.2) is 22.8 Å². The number of nitrogens with zero attached hydrogens (tertiary/aromatic N) is 2. The fourth-order valence-corrected chi connectivity index (χ4v) is 3.47.